The van der Waals surface area contributed by atoms with Gasteiger partial charge in [-0.2, -0.15) is 0 Å². The third-order valence-corrected chi connectivity index (χ3v) is 6.87. The Morgan fingerprint density at radius 1 is 0.868 bits per heavy atom. The number of piperazine rings is 1. The van der Waals surface area contributed by atoms with Crippen LogP contribution in [0.25, 0.3) is 0 Å². The summed E-state index contributed by atoms with van der Waals surface area (Å²) in [6, 6.07) is 20.0. The molecule has 0 N–H and O–H groups in total. The van der Waals surface area contributed by atoms with E-state index in [0.717, 1.165) is 30.8 Å². The average molecular weight is 590 g/mol. The molecule has 7 nitrogen and oxygen atoms in total. The lowest BCUT2D eigenvalue weighted by molar-refractivity contribution is -0.872. The summed E-state index contributed by atoms with van der Waals surface area (Å²) >= 11 is 0. The van der Waals surface area contributed by atoms with Gasteiger partial charge < -0.3 is 35.9 Å². The minimum absolute atomic E-state index is 0. The molecule has 1 saturated heterocycles. The Kier molecular flexibility index (Phi) is 10.5. The molecule has 204 valence electrons. The largest absolute Gasteiger partial charge is 1.00 e. The summed E-state index contributed by atoms with van der Waals surface area (Å²) < 4.78 is 35.8. The summed E-state index contributed by atoms with van der Waals surface area (Å²) in [7, 11) is 4.62. The van der Waals surface area contributed by atoms with Crippen LogP contribution in [0.3, 0.4) is 0 Å². The fourth-order valence-corrected chi connectivity index (χ4v) is 4.75. The predicted molar refractivity (Wildman–Crippen MR) is 138 cm³/mol. The van der Waals surface area contributed by atoms with Crippen LogP contribution in [0.2, 0.25) is 0 Å². The average Bonchev–Trinajstić information content (AvgIpc) is 2.93. The van der Waals surface area contributed by atoms with Gasteiger partial charge in [0, 0.05) is 37.3 Å². The van der Waals surface area contributed by atoms with Crippen molar-refractivity contribution in [2.24, 2.45) is 0 Å². The second kappa shape index (κ2) is 13.6. The monoisotopic (exact) mass is 588 g/mol. The molecule has 1 aliphatic rings. The van der Waals surface area contributed by atoms with Gasteiger partial charge in [-0.1, -0.05) is 42.5 Å². The summed E-state index contributed by atoms with van der Waals surface area (Å²) in [5, 5.41) is 0. The third kappa shape index (κ3) is 7.03. The van der Waals surface area contributed by atoms with Crippen molar-refractivity contribution < 1.29 is 49.6 Å². The molecule has 1 aliphatic heterocycles. The normalized spacial score (nSPS) is 14.7. The van der Waals surface area contributed by atoms with Crippen LogP contribution in [-0.2, 0) is 17.9 Å². The molecular weight excluding hydrogens is 555 g/mol. The number of halogens is 2. The van der Waals surface area contributed by atoms with Gasteiger partial charge in [0.1, 0.15) is 18.1 Å². The Balaban J connectivity index is 0.00000400. The second-order valence-electron chi connectivity index (χ2n) is 9.18. The minimum Gasteiger partial charge on any atom is -1.00 e. The van der Waals surface area contributed by atoms with Gasteiger partial charge in [-0.15, -0.1) is 0 Å². The number of ether oxygens (including phenoxy) is 4. The van der Waals surface area contributed by atoms with Gasteiger partial charge in [0.15, 0.2) is 11.5 Å². The highest BCUT2D eigenvalue weighted by Gasteiger charge is 2.40. The Bertz CT molecular complexity index is 1160. The van der Waals surface area contributed by atoms with E-state index in [1.165, 1.54) is 33.5 Å². The highest BCUT2D eigenvalue weighted by molar-refractivity contribution is 5.71. The molecule has 9 heteroatoms. The molecule has 38 heavy (non-hydrogen) atoms. The molecule has 1 heterocycles. The molecule has 0 aliphatic carbocycles. The minimum atomic E-state index is -0.237. The summed E-state index contributed by atoms with van der Waals surface area (Å²) in [5.41, 5.74) is 2.16. The fraction of sp³-hybridized carbons (Fsp3) is 0.345. The smallest absolute Gasteiger partial charge is 0.351 e. The van der Waals surface area contributed by atoms with Crippen molar-refractivity contribution in [3.63, 3.8) is 0 Å². The Morgan fingerprint density at radius 3 is 2.03 bits per heavy atom. The van der Waals surface area contributed by atoms with Crippen LogP contribution in [-0.4, -0.2) is 69.4 Å². The molecular formula is C29H34BrFN2O5. The van der Waals surface area contributed by atoms with Gasteiger partial charge in [0.2, 0.25) is 12.4 Å². The Hall–Kier alpha value is -3.14. The maximum absolute atomic E-state index is 13.7. The number of rotatable bonds is 10. The van der Waals surface area contributed by atoms with E-state index in [1.807, 2.05) is 30.3 Å². The van der Waals surface area contributed by atoms with Crippen LogP contribution < -0.4 is 35.9 Å². The zero-order valence-electron chi connectivity index (χ0n) is 22.0. The molecule has 0 radical (unpaired) electrons. The van der Waals surface area contributed by atoms with E-state index < -0.39 is 0 Å². The molecule has 1 amide bonds. The number of benzene rings is 3. The van der Waals surface area contributed by atoms with E-state index in [1.54, 1.807) is 12.1 Å². The molecule has 4 rings (SSSR count). The van der Waals surface area contributed by atoms with Crippen molar-refractivity contribution >= 4 is 5.91 Å². The summed E-state index contributed by atoms with van der Waals surface area (Å²) in [6.07, 6.45) is 0. The van der Waals surface area contributed by atoms with Gasteiger partial charge in [-0.3, -0.25) is 9.38 Å². The number of amides is 1. The Morgan fingerprint density at radius 2 is 1.47 bits per heavy atom. The van der Waals surface area contributed by atoms with Gasteiger partial charge in [0.25, 0.3) is 0 Å². The van der Waals surface area contributed by atoms with Crippen molar-refractivity contribution in [3.05, 3.63) is 83.7 Å². The first-order valence-corrected chi connectivity index (χ1v) is 12.3. The summed E-state index contributed by atoms with van der Waals surface area (Å²) in [5.74, 6) is 1.64. The number of quaternary nitrogens is 1. The van der Waals surface area contributed by atoms with Crippen molar-refractivity contribution in [3.8, 4) is 23.0 Å². The highest BCUT2D eigenvalue weighted by atomic mass is 79.9. The summed E-state index contributed by atoms with van der Waals surface area (Å²) in [4.78, 5) is 16.0. The standard InChI is InChI=1S/C29H34FN2O5.BrH/c1-34-26-17-25(18-27(35-2)29(26)36-3)37-21-28(33)32(20-23-7-5-4-6-8-23)15-13-31(14-16-32)19-22-9-11-24(30)12-10-22;/h4-12,17-18H,13-16,19-21H2,1-3H3;1H/q+1;/p-1. The maximum Gasteiger partial charge on any atom is 0.351 e. The van der Waals surface area contributed by atoms with Gasteiger partial charge >= 0.3 is 5.91 Å². The molecule has 0 atom stereocenters. The van der Waals surface area contributed by atoms with E-state index in [-0.39, 0.29) is 35.3 Å². The quantitative estimate of drug-likeness (QED) is 0.333. The predicted octanol–water partition coefficient (Wildman–Crippen LogP) is 1.29. The molecule has 0 spiro atoms. The molecule has 1 fully saturated rings. The number of hydrogen-bond donors (Lipinski definition) is 0. The van der Waals surface area contributed by atoms with Gasteiger partial charge in [0.05, 0.1) is 34.4 Å². The van der Waals surface area contributed by atoms with Crippen LogP contribution in [0, 0.1) is 5.82 Å². The van der Waals surface area contributed by atoms with Crippen molar-refractivity contribution in [1.29, 1.82) is 0 Å². The zero-order chi connectivity index (χ0) is 26.3. The van der Waals surface area contributed by atoms with E-state index >= 15 is 0 Å². The highest BCUT2D eigenvalue weighted by Crippen LogP contribution is 2.40. The topological polar surface area (TPSA) is 57.2 Å². The first-order valence-electron chi connectivity index (χ1n) is 12.3. The SMILES string of the molecule is COc1cc(OCC(=O)[N+]2(Cc3ccccc3)CCN(Cc3ccc(F)cc3)CC2)cc(OC)c1OC.[Br-]. The van der Waals surface area contributed by atoms with Crippen LogP contribution >= 0.6 is 0 Å². The number of nitrogens with zero attached hydrogens (tertiary/aromatic N) is 2. The summed E-state index contributed by atoms with van der Waals surface area (Å²) in [6.45, 7) is 4.06. The first-order chi connectivity index (χ1) is 18.0. The van der Waals surface area contributed by atoms with E-state index in [0.29, 0.717) is 47.1 Å². The first kappa shape index (κ1) is 29.4. The maximum atomic E-state index is 13.7. The molecule has 3 aromatic carbocycles. The van der Waals surface area contributed by atoms with E-state index in [9.17, 15) is 9.18 Å². The number of carbonyl (C=O) groups excluding carboxylic acids is 1. The number of methoxy groups -OCH3 is 3. The lowest BCUT2D eigenvalue weighted by Gasteiger charge is -2.42. The molecule has 0 aromatic heterocycles. The van der Waals surface area contributed by atoms with Gasteiger partial charge in [-0.25, -0.2) is 9.18 Å². The van der Waals surface area contributed by atoms with Crippen LogP contribution in [0.5, 0.6) is 23.0 Å². The lowest BCUT2D eigenvalue weighted by atomic mass is 10.1. The van der Waals surface area contributed by atoms with Gasteiger partial charge in [-0.05, 0) is 17.7 Å². The van der Waals surface area contributed by atoms with E-state index in [4.69, 9.17) is 18.9 Å². The van der Waals surface area contributed by atoms with E-state index in [2.05, 4.69) is 17.0 Å². The molecule has 3 aromatic rings. The number of hydrogen-bond acceptors (Lipinski definition) is 6. The van der Waals surface area contributed by atoms with Crippen LogP contribution in [0.15, 0.2) is 66.7 Å². The zero-order valence-corrected chi connectivity index (χ0v) is 23.6. The van der Waals surface area contributed by atoms with Crippen molar-refractivity contribution in [1.82, 2.24) is 4.90 Å². The number of carbonyl (C=O) groups is 1. The second-order valence-corrected chi connectivity index (χ2v) is 9.18. The van der Waals surface area contributed by atoms with Crippen LogP contribution in [0.4, 0.5) is 4.39 Å². The van der Waals surface area contributed by atoms with Crippen molar-refractivity contribution in [2.75, 3.05) is 54.1 Å². The fourth-order valence-electron chi connectivity index (χ4n) is 4.75. The van der Waals surface area contributed by atoms with Crippen molar-refractivity contribution in [2.45, 2.75) is 13.1 Å². The Labute approximate surface area is 234 Å². The molecule has 0 saturated carbocycles. The third-order valence-electron chi connectivity index (χ3n) is 6.87. The van der Waals surface area contributed by atoms with Crippen LogP contribution in [0.1, 0.15) is 11.1 Å². The molecule has 0 bridgehead atoms. The molecule has 0 unspecified atom stereocenters. The lowest BCUT2D eigenvalue weighted by Crippen LogP contribution is -3.00.